The second kappa shape index (κ2) is 9.88. The zero-order valence-electron chi connectivity index (χ0n) is 20.4. The number of aryl methyl sites for hydroxylation is 1. The lowest BCUT2D eigenvalue weighted by Crippen LogP contribution is -2.29. The Balaban J connectivity index is 1.60. The van der Waals surface area contributed by atoms with Crippen molar-refractivity contribution < 1.29 is 17.8 Å². The van der Waals surface area contributed by atoms with Gasteiger partial charge in [-0.15, -0.1) is 0 Å². The molecule has 0 radical (unpaired) electrons. The molecule has 4 aromatic rings. The van der Waals surface area contributed by atoms with E-state index >= 15 is 0 Å². The number of nitro groups is 1. The van der Waals surface area contributed by atoms with Crippen molar-refractivity contribution in [1.29, 1.82) is 0 Å². The van der Waals surface area contributed by atoms with E-state index < -0.39 is 21.0 Å². The van der Waals surface area contributed by atoms with Gasteiger partial charge in [0, 0.05) is 18.0 Å². The van der Waals surface area contributed by atoms with Crippen LogP contribution in [0.25, 0.3) is 11.3 Å². The van der Waals surface area contributed by atoms with Crippen LogP contribution in [0.3, 0.4) is 0 Å². The number of nitrogens with zero attached hydrogens (tertiary/aromatic N) is 3. The van der Waals surface area contributed by atoms with E-state index in [9.17, 15) is 18.5 Å². The average Bonchev–Trinajstić information content (AvgIpc) is 3.49. The summed E-state index contributed by atoms with van der Waals surface area (Å²) in [7, 11) is -3.45. The van der Waals surface area contributed by atoms with Gasteiger partial charge in [-0.25, -0.2) is 8.42 Å². The van der Waals surface area contributed by atoms with E-state index in [1.807, 2.05) is 29.2 Å². The highest BCUT2D eigenvalue weighted by Crippen LogP contribution is 2.44. The number of rotatable bonds is 7. The predicted molar refractivity (Wildman–Crippen MR) is 148 cm³/mol. The molecule has 38 heavy (non-hydrogen) atoms. The molecule has 3 heterocycles. The van der Waals surface area contributed by atoms with E-state index in [1.165, 1.54) is 6.07 Å². The van der Waals surface area contributed by atoms with Crippen LogP contribution in [0, 0.1) is 17.0 Å². The quantitative estimate of drug-likeness (QED) is 0.183. The monoisotopic (exact) mass is 549 g/mol. The molecule has 5 rings (SSSR count). The molecule has 0 aliphatic carbocycles. The number of anilines is 2. The fourth-order valence-corrected chi connectivity index (χ4v) is 5.51. The molecule has 1 aliphatic heterocycles. The summed E-state index contributed by atoms with van der Waals surface area (Å²) in [6.07, 6.45) is 2.79. The minimum Gasteiger partial charge on any atom is -0.459 e. The summed E-state index contributed by atoms with van der Waals surface area (Å²) in [4.78, 5) is 17.6. The lowest BCUT2D eigenvalue weighted by molar-refractivity contribution is -0.384. The topological polar surface area (TPSA) is 131 Å². The van der Waals surface area contributed by atoms with Crippen LogP contribution in [0.15, 0.2) is 83.4 Å². The number of furan rings is 1. The third-order valence-electron chi connectivity index (χ3n) is 6.17. The first kappa shape index (κ1) is 25.4. The van der Waals surface area contributed by atoms with E-state index in [0.717, 1.165) is 11.9 Å². The fourth-order valence-electron chi connectivity index (χ4n) is 4.53. The van der Waals surface area contributed by atoms with Gasteiger partial charge in [-0.05, 0) is 73.2 Å². The first-order valence-electron chi connectivity index (χ1n) is 11.5. The van der Waals surface area contributed by atoms with Crippen molar-refractivity contribution in [2.24, 2.45) is 0 Å². The molecule has 0 spiro atoms. The first-order valence-corrected chi connectivity index (χ1v) is 13.8. The van der Waals surface area contributed by atoms with Gasteiger partial charge in [0.2, 0.25) is 10.0 Å². The predicted octanol–water partition coefficient (Wildman–Crippen LogP) is 5.11. The summed E-state index contributed by atoms with van der Waals surface area (Å²) < 4.78 is 32.3. The van der Waals surface area contributed by atoms with Crippen molar-refractivity contribution in [2.75, 3.05) is 15.9 Å². The molecule has 10 nitrogen and oxygen atoms in total. The van der Waals surface area contributed by atoms with Crippen molar-refractivity contribution in [3.05, 3.63) is 106 Å². The highest BCUT2D eigenvalue weighted by Gasteiger charge is 2.43. The molecule has 1 saturated heterocycles. The smallest absolute Gasteiger partial charge is 0.280 e. The largest absolute Gasteiger partial charge is 0.459 e. The molecule has 2 N–H and O–H groups in total. The molecule has 2 aromatic heterocycles. The van der Waals surface area contributed by atoms with Gasteiger partial charge in [0.1, 0.15) is 17.6 Å². The van der Waals surface area contributed by atoms with Gasteiger partial charge >= 0.3 is 0 Å². The van der Waals surface area contributed by atoms with Crippen molar-refractivity contribution in [3.8, 4) is 11.3 Å². The van der Waals surface area contributed by atoms with Crippen molar-refractivity contribution in [1.82, 2.24) is 10.3 Å². The third kappa shape index (κ3) is 4.95. The van der Waals surface area contributed by atoms with Crippen molar-refractivity contribution in [3.63, 3.8) is 0 Å². The van der Waals surface area contributed by atoms with Crippen LogP contribution < -0.4 is 14.9 Å². The second-order valence-electron chi connectivity index (χ2n) is 8.85. The van der Waals surface area contributed by atoms with Crippen molar-refractivity contribution >= 4 is 44.4 Å². The Labute approximate surface area is 224 Å². The summed E-state index contributed by atoms with van der Waals surface area (Å²) in [5.74, 6) is 0.880. The Kier molecular flexibility index (Phi) is 6.59. The number of para-hydroxylation sites is 1. The van der Waals surface area contributed by atoms with Crippen LogP contribution in [0.2, 0.25) is 0 Å². The van der Waals surface area contributed by atoms with Gasteiger partial charge in [0.05, 0.1) is 34.2 Å². The molecular formula is C26H23N5O5S2. The standard InChI is InChI=1S/C26H23N5O5S2/c1-16-15-17(10-11-19(16)29-38(2,34)35)30-25(24(28-26(30)37)20-8-5-6-14-27-20)23-13-12-22(36-23)18-7-3-4-9-21(18)31(32)33/h3-15,24-25,29H,1-2H3,(H,28,37)/t24-,25+/m1/s1. The van der Waals surface area contributed by atoms with Gasteiger partial charge in [0.25, 0.3) is 5.69 Å². The molecule has 194 valence electrons. The average molecular weight is 550 g/mol. The summed E-state index contributed by atoms with van der Waals surface area (Å²) in [6.45, 7) is 1.80. The number of nitro benzene ring substituents is 1. The molecule has 12 heteroatoms. The molecular weight excluding hydrogens is 526 g/mol. The van der Waals surface area contributed by atoms with Crippen LogP contribution in [-0.4, -0.2) is 29.7 Å². The SMILES string of the molecule is Cc1cc(N2C(=S)N[C@H](c3ccccn3)[C@@H]2c2ccc(-c3ccccc3[N+](=O)[O-])o2)ccc1NS(C)(=O)=O. The summed E-state index contributed by atoms with van der Waals surface area (Å²) in [5.41, 5.74) is 2.92. The highest BCUT2D eigenvalue weighted by molar-refractivity contribution is 7.92. The molecule has 2 atom stereocenters. The number of nitrogens with one attached hydrogen (secondary N) is 2. The Hall–Kier alpha value is -4.29. The lowest BCUT2D eigenvalue weighted by atomic mass is 10.0. The molecule has 0 bridgehead atoms. The summed E-state index contributed by atoms with van der Waals surface area (Å²) in [5, 5.41) is 15.4. The zero-order valence-corrected chi connectivity index (χ0v) is 22.0. The van der Waals surface area contributed by atoms with Gasteiger partial charge in [-0.3, -0.25) is 19.8 Å². The number of hydrogen-bond acceptors (Lipinski definition) is 7. The highest BCUT2D eigenvalue weighted by atomic mass is 32.2. The van der Waals surface area contributed by atoms with Gasteiger partial charge in [0.15, 0.2) is 5.11 Å². The molecule has 0 amide bonds. The second-order valence-corrected chi connectivity index (χ2v) is 11.0. The van der Waals surface area contributed by atoms with Crippen LogP contribution in [0.4, 0.5) is 17.1 Å². The summed E-state index contributed by atoms with van der Waals surface area (Å²) in [6, 6.07) is 19.9. The normalized spacial score (nSPS) is 17.3. The maximum atomic E-state index is 11.8. The number of thiocarbonyl (C=S) groups is 1. The maximum absolute atomic E-state index is 11.8. The Morgan fingerprint density at radius 3 is 2.55 bits per heavy atom. The number of pyridine rings is 1. The molecule has 1 aliphatic rings. The van der Waals surface area contributed by atoms with E-state index in [0.29, 0.717) is 39.1 Å². The molecule has 2 aromatic carbocycles. The van der Waals surface area contributed by atoms with Crippen molar-refractivity contribution in [2.45, 2.75) is 19.0 Å². The third-order valence-corrected chi connectivity index (χ3v) is 7.07. The van der Waals surface area contributed by atoms with Crippen LogP contribution in [-0.2, 0) is 10.0 Å². The van der Waals surface area contributed by atoms with E-state index in [1.54, 1.807) is 55.6 Å². The molecule has 0 unspecified atom stereocenters. The van der Waals surface area contributed by atoms with Crippen LogP contribution >= 0.6 is 12.2 Å². The van der Waals surface area contributed by atoms with Gasteiger partial charge < -0.3 is 14.6 Å². The van der Waals surface area contributed by atoms with E-state index in [4.69, 9.17) is 16.6 Å². The minimum atomic E-state index is -3.45. The Morgan fingerprint density at radius 1 is 1.11 bits per heavy atom. The summed E-state index contributed by atoms with van der Waals surface area (Å²) >= 11 is 5.74. The van der Waals surface area contributed by atoms with E-state index in [2.05, 4.69) is 15.0 Å². The molecule has 1 fully saturated rings. The van der Waals surface area contributed by atoms with Gasteiger partial charge in [-0.2, -0.15) is 0 Å². The number of sulfonamides is 1. The zero-order chi connectivity index (χ0) is 27.0. The van der Waals surface area contributed by atoms with Crippen LogP contribution in [0.1, 0.15) is 29.1 Å². The molecule has 0 saturated carbocycles. The van der Waals surface area contributed by atoms with Gasteiger partial charge in [-0.1, -0.05) is 18.2 Å². The Bertz CT molecular complexity index is 1640. The van der Waals surface area contributed by atoms with E-state index in [-0.39, 0.29) is 11.7 Å². The lowest BCUT2D eigenvalue weighted by Gasteiger charge is -2.26. The first-order chi connectivity index (χ1) is 18.1. The fraction of sp³-hybridized carbons (Fsp3) is 0.154. The van der Waals surface area contributed by atoms with Crippen LogP contribution in [0.5, 0.6) is 0 Å². The maximum Gasteiger partial charge on any atom is 0.280 e. The Morgan fingerprint density at radius 2 is 1.87 bits per heavy atom. The number of hydrogen-bond donors (Lipinski definition) is 2. The number of benzene rings is 2. The minimum absolute atomic E-state index is 0.0591. The number of aromatic nitrogens is 1.